The molecule has 0 spiro atoms. The Hall–Kier alpha value is -0.510. The van der Waals surface area contributed by atoms with Crippen LogP contribution in [0.1, 0.15) is 31.2 Å². The zero-order valence-electron chi connectivity index (χ0n) is 11.1. The molecule has 3 heteroatoms. The second-order valence-corrected chi connectivity index (χ2v) is 6.60. The Balaban J connectivity index is 1.82. The van der Waals surface area contributed by atoms with Crippen molar-refractivity contribution in [3.63, 3.8) is 0 Å². The van der Waals surface area contributed by atoms with Gasteiger partial charge in [-0.15, -0.1) is 11.8 Å². The highest BCUT2D eigenvalue weighted by Gasteiger charge is 2.38. The van der Waals surface area contributed by atoms with Gasteiger partial charge in [-0.2, -0.15) is 0 Å². The van der Waals surface area contributed by atoms with E-state index in [1.165, 1.54) is 16.9 Å². The molecule has 1 aliphatic carbocycles. The molecule has 0 aromatic heterocycles. The van der Waals surface area contributed by atoms with Crippen LogP contribution in [0.4, 0.5) is 0 Å². The smallest absolute Gasteiger partial charge is 0.0613 e. The molecule has 1 fully saturated rings. The standard InChI is InChI=1S/C15H23NOS/c1-12-4-2-6-14(10-12)18-9-7-13-5-3-8-15(13,16)11-17/h2,4,6,10,13,17H,3,5,7-9,11,16H2,1H3. The summed E-state index contributed by atoms with van der Waals surface area (Å²) in [6.07, 6.45) is 4.42. The highest BCUT2D eigenvalue weighted by molar-refractivity contribution is 7.99. The van der Waals surface area contributed by atoms with Crippen molar-refractivity contribution in [1.82, 2.24) is 0 Å². The van der Waals surface area contributed by atoms with Crippen LogP contribution in [0.25, 0.3) is 0 Å². The third-order valence-corrected chi connectivity index (χ3v) is 5.05. The van der Waals surface area contributed by atoms with Crippen molar-refractivity contribution in [2.45, 2.75) is 43.0 Å². The lowest BCUT2D eigenvalue weighted by Gasteiger charge is -2.29. The number of rotatable bonds is 5. The fraction of sp³-hybridized carbons (Fsp3) is 0.600. The molecule has 1 aromatic rings. The van der Waals surface area contributed by atoms with E-state index in [2.05, 4.69) is 31.2 Å². The van der Waals surface area contributed by atoms with Crippen molar-refractivity contribution >= 4 is 11.8 Å². The van der Waals surface area contributed by atoms with E-state index in [9.17, 15) is 5.11 Å². The highest BCUT2D eigenvalue weighted by Crippen LogP contribution is 2.37. The number of hydrogen-bond acceptors (Lipinski definition) is 3. The molecule has 2 rings (SSSR count). The van der Waals surface area contributed by atoms with E-state index in [0.29, 0.717) is 5.92 Å². The Kier molecular flexibility index (Phi) is 4.71. The fourth-order valence-corrected chi connectivity index (χ4v) is 3.92. The van der Waals surface area contributed by atoms with Crippen molar-refractivity contribution in [2.75, 3.05) is 12.4 Å². The number of hydrogen-bond donors (Lipinski definition) is 2. The van der Waals surface area contributed by atoms with E-state index in [1.807, 2.05) is 11.8 Å². The van der Waals surface area contributed by atoms with E-state index >= 15 is 0 Å². The van der Waals surface area contributed by atoms with E-state index in [-0.39, 0.29) is 12.1 Å². The van der Waals surface area contributed by atoms with Gasteiger partial charge in [-0.05, 0) is 50.0 Å². The molecule has 0 aliphatic heterocycles. The molecule has 0 heterocycles. The number of aryl methyl sites for hydroxylation is 1. The van der Waals surface area contributed by atoms with Gasteiger partial charge in [0, 0.05) is 10.4 Å². The van der Waals surface area contributed by atoms with E-state index < -0.39 is 0 Å². The summed E-state index contributed by atoms with van der Waals surface area (Å²) in [7, 11) is 0. The second-order valence-electron chi connectivity index (χ2n) is 5.43. The van der Waals surface area contributed by atoms with Crippen LogP contribution in [0.3, 0.4) is 0 Å². The molecule has 3 N–H and O–H groups in total. The lowest BCUT2D eigenvalue weighted by Crippen LogP contribution is -2.47. The van der Waals surface area contributed by atoms with Crippen LogP contribution in [0, 0.1) is 12.8 Å². The van der Waals surface area contributed by atoms with E-state index in [0.717, 1.165) is 25.0 Å². The molecule has 1 aromatic carbocycles. The molecule has 0 saturated heterocycles. The SMILES string of the molecule is Cc1cccc(SCCC2CCCC2(N)CO)c1. The van der Waals surface area contributed by atoms with Crippen LogP contribution >= 0.6 is 11.8 Å². The van der Waals surface area contributed by atoms with Gasteiger partial charge >= 0.3 is 0 Å². The average Bonchev–Trinajstić information content (AvgIpc) is 2.72. The Morgan fingerprint density at radius 2 is 2.33 bits per heavy atom. The van der Waals surface area contributed by atoms with Gasteiger partial charge in [0.1, 0.15) is 0 Å². The van der Waals surface area contributed by atoms with Crippen molar-refractivity contribution in [3.8, 4) is 0 Å². The minimum atomic E-state index is -0.312. The van der Waals surface area contributed by atoms with Crippen LogP contribution in [-0.4, -0.2) is 23.0 Å². The lowest BCUT2D eigenvalue weighted by molar-refractivity contribution is 0.158. The summed E-state index contributed by atoms with van der Waals surface area (Å²) in [5.41, 5.74) is 7.24. The van der Waals surface area contributed by atoms with Gasteiger partial charge in [0.2, 0.25) is 0 Å². The summed E-state index contributed by atoms with van der Waals surface area (Å²) in [6.45, 7) is 2.25. The summed E-state index contributed by atoms with van der Waals surface area (Å²) < 4.78 is 0. The van der Waals surface area contributed by atoms with Crippen LogP contribution in [0.2, 0.25) is 0 Å². The van der Waals surface area contributed by atoms with Crippen molar-refractivity contribution in [3.05, 3.63) is 29.8 Å². The molecule has 1 saturated carbocycles. The van der Waals surface area contributed by atoms with Gasteiger partial charge in [-0.1, -0.05) is 24.1 Å². The predicted molar refractivity (Wildman–Crippen MR) is 77.9 cm³/mol. The Bertz CT molecular complexity index is 396. The van der Waals surface area contributed by atoms with Crippen molar-refractivity contribution in [2.24, 2.45) is 11.7 Å². The van der Waals surface area contributed by atoms with Gasteiger partial charge in [0.25, 0.3) is 0 Å². The maximum absolute atomic E-state index is 9.42. The maximum atomic E-state index is 9.42. The molecule has 100 valence electrons. The lowest BCUT2D eigenvalue weighted by atomic mass is 9.87. The van der Waals surface area contributed by atoms with Gasteiger partial charge in [-0.3, -0.25) is 0 Å². The molecule has 1 aliphatic rings. The van der Waals surface area contributed by atoms with Crippen LogP contribution in [0.5, 0.6) is 0 Å². The summed E-state index contributed by atoms with van der Waals surface area (Å²) in [6, 6.07) is 8.61. The molecule has 2 atom stereocenters. The Morgan fingerprint density at radius 1 is 1.50 bits per heavy atom. The molecular weight excluding hydrogens is 242 g/mol. The number of benzene rings is 1. The molecule has 0 bridgehead atoms. The van der Waals surface area contributed by atoms with Crippen LogP contribution < -0.4 is 5.73 Å². The van der Waals surface area contributed by atoms with Crippen molar-refractivity contribution < 1.29 is 5.11 Å². The summed E-state index contributed by atoms with van der Waals surface area (Å²) in [5, 5.41) is 9.42. The first-order valence-corrected chi connectivity index (χ1v) is 7.72. The van der Waals surface area contributed by atoms with E-state index in [4.69, 9.17) is 5.73 Å². The second kappa shape index (κ2) is 6.09. The van der Waals surface area contributed by atoms with Gasteiger partial charge < -0.3 is 10.8 Å². The molecule has 0 radical (unpaired) electrons. The Morgan fingerprint density at radius 3 is 3.06 bits per heavy atom. The van der Waals surface area contributed by atoms with Gasteiger partial charge in [0.05, 0.1) is 6.61 Å². The first-order chi connectivity index (χ1) is 8.64. The largest absolute Gasteiger partial charge is 0.394 e. The highest BCUT2D eigenvalue weighted by atomic mass is 32.2. The maximum Gasteiger partial charge on any atom is 0.0613 e. The number of aliphatic hydroxyl groups is 1. The molecular formula is C15H23NOS. The van der Waals surface area contributed by atoms with Crippen LogP contribution in [0.15, 0.2) is 29.2 Å². The minimum Gasteiger partial charge on any atom is -0.394 e. The van der Waals surface area contributed by atoms with Gasteiger partial charge in [0.15, 0.2) is 0 Å². The zero-order chi connectivity index (χ0) is 13.0. The first-order valence-electron chi connectivity index (χ1n) is 6.73. The summed E-state index contributed by atoms with van der Waals surface area (Å²) in [4.78, 5) is 1.33. The fourth-order valence-electron chi connectivity index (χ4n) is 2.83. The van der Waals surface area contributed by atoms with Gasteiger partial charge in [-0.25, -0.2) is 0 Å². The third-order valence-electron chi connectivity index (χ3n) is 4.03. The topological polar surface area (TPSA) is 46.2 Å². The van der Waals surface area contributed by atoms with Crippen molar-refractivity contribution in [1.29, 1.82) is 0 Å². The molecule has 0 amide bonds. The molecule has 2 nitrogen and oxygen atoms in total. The average molecular weight is 265 g/mol. The zero-order valence-corrected chi connectivity index (χ0v) is 11.9. The number of aliphatic hydroxyl groups excluding tert-OH is 1. The Labute approximate surface area is 114 Å². The summed E-state index contributed by atoms with van der Waals surface area (Å²) in [5.74, 6) is 1.58. The normalized spacial score (nSPS) is 27.6. The summed E-state index contributed by atoms with van der Waals surface area (Å²) >= 11 is 1.90. The van der Waals surface area contributed by atoms with E-state index in [1.54, 1.807) is 0 Å². The van der Waals surface area contributed by atoms with Crippen LogP contribution in [-0.2, 0) is 0 Å². The monoisotopic (exact) mass is 265 g/mol. The quantitative estimate of drug-likeness (QED) is 0.805. The molecule has 18 heavy (non-hydrogen) atoms. The number of thioether (sulfide) groups is 1. The third kappa shape index (κ3) is 3.28. The molecule has 2 unspecified atom stereocenters. The first kappa shape index (κ1) is 13.9. The number of nitrogens with two attached hydrogens (primary N) is 1. The minimum absolute atomic E-state index is 0.132. The predicted octanol–water partition coefficient (Wildman–Crippen LogP) is 2.97.